The summed E-state index contributed by atoms with van der Waals surface area (Å²) < 4.78 is 12.7. The quantitative estimate of drug-likeness (QED) is 0.322. The second-order valence-electron chi connectivity index (χ2n) is 9.41. The highest BCUT2D eigenvalue weighted by Crippen LogP contribution is 2.28. The lowest BCUT2D eigenvalue weighted by Crippen LogP contribution is -2.14. The monoisotopic (exact) mass is 479 g/mol. The number of nitrogens with one attached hydrogen (secondary N) is 1. The summed E-state index contributed by atoms with van der Waals surface area (Å²) in [6.45, 7) is 11.0. The molecule has 1 aromatic carbocycles. The predicted molar refractivity (Wildman–Crippen MR) is 132 cm³/mol. The van der Waals surface area contributed by atoms with E-state index in [9.17, 15) is 4.79 Å². The van der Waals surface area contributed by atoms with Crippen molar-refractivity contribution in [3.8, 4) is 11.4 Å². The minimum atomic E-state index is -0.208. The van der Waals surface area contributed by atoms with Crippen molar-refractivity contribution in [2.75, 3.05) is 11.1 Å². The molecule has 178 valence electrons. The van der Waals surface area contributed by atoms with Crippen molar-refractivity contribution < 1.29 is 13.7 Å². The second-order valence-corrected chi connectivity index (χ2v) is 10.3. The molecule has 0 bridgehead atoms. The van der Waals surface area contributed by atoms with Crippen LogP contribution in [0.2, 0.25) is 0 Å². The van der Waals surface area contributed by atoms with E-state index in [1.165, 1.54) is 17.3 Å². The van der Waals surface area contributed by atoms with Gasteiger partial charge in [0.25, 0.3) is 0 Å². The second kappa shape index (κ2) is 9.89. The summed E-state index contributed by atoms with van der Waals surface area (Å²) in [4.78, 5) is 12.5. The van der Waals surface area contributed by atoms with E-state index >= 15 is 0 Å². The number of benzene rings is 1. The van der Waals surface area contributed by atoms with Gasteiger partial charge in [0.1, 0.15) is 5.76 Å². The number of carbonyl (C=O) groups excluding carboxylic acids is 1. The molecule has 0 aliphatic carbocycles. The Morgan fingerprint density at radius 2 is 1.91 bits per heavy atom. The molecule has 4 aromatic rings. The smallest absolute Gasteiger partial charge is 0.237 e. The van der Waals surface area contributed by atoms with Crippen LogP contribution in [-0.2, 0) is 16.8 Å². The molecule has 34 heavy (non-hydrogen) atoms. The van der Waals surface area contributed by atoms with Gasteiger partial charge in [-0.25, -0.2) is 0 Å². The Labute approximate surface area is 203 Å². The summed E-state index contributed by atoms with van der Waals surface area (Å²) in [7, 11) is 0. The number of thioether (sulfide) groups is 1. The van der Waals surface area contributed by atoms with Crippen LogP contribution in [0.15, 0.2) is 62.8 Å². The number of hydrogen-bond donors (Lipinski definition) is 1. The Morgan fingerprint density at radius 1 is 1.15 bits per heavy atom. The highest BCUT2D eigenvalue weighted by Gasteiger charge is 2.19. The van der Waals surface area contributed by atoms with E-state index in [1.54, 1.807) is 12.3 Å². The number of hydrogen-bond acceptors (Lipinski definition) is 7. The van der Waals surface area contributed by atoms with Crippen molar-refractivity contribution in [1.82, 2.24) is 19.9 Å². The van der Waals surface area contributed by atoms with Crippen LogP contribution in [0.5, 0.6) is 0 Å². The number of carbonyl (C=O) groups is 1. The number of furan rings is 1. The normalized spacial score (nSPS) is 11.8. The highest BCUT2D eigenvalue weighted by molar-refractivity contribution is 7.99. The van der Waals surface area contributed by atoms with Crippen molar-refractivity contribution in [2.45, 2.75) is 57.7 Å². The SMILES string of the molecule is CC(C)c1cc(NC(=O)CSc2nnc(-c3ccc(C(C)(C)C)cc3)n2Cc2ccco2)on1. The molecule has 0 unspecified atom stereocenters. The molecule has 1 N–H and O–H groups in total. The van der Waals surface area contributed by atoms with E-state index in [0.29, 0.717) is 17.6 Å². The maximum absolute atomic E-state index is 12.5. The number of nitrogens with zero attached hydrogens (tertiary/aromatic N) is 4. The molecule has 3 aromatic heterocycles. The summed E-state index contributed by atoms with van der Waals surface area (Å²) in [6.07, 6.45) is 1.64. The van der Waals surface area contributed by atoms with Crippen LogP contribution in [-0.4, -0.2) is 31.6 Å². The fourth-order valence-corrected chi connectivity index (χ4v) is 4.09. The van der Waals surface area contributed by atoms with Crippen LogP contribution in [0.1, 0.15) is 57.6 Å². The van der Waals surface area contributed by atoms with Crippen LogP contribution >= 0.6 is 11.8 Å². The number of anilines is 1. The van der Waals surface area contributed by atoms with Crippen molar-refractivity contribution in [2.24, 2.45) is 0 Å². The summed E-state index contributed by atoms with van der Waals surface area (Å²) in [5.74, 6) is 2.00. The largest absolute Gasteiger partial charge is 0.467 e. The zero-order chi connectivity index (χ0) is 24.3. The lowest BCUT2D eigenvalue weighted by atomic mass is 9.87. The average Bonchev–Trinajstić information content (AvgIpc) is 3.54. The lowest BCUT2D eigenvalue weighted by molar-refractivity contribution is -0.113. The van der Waals surface area contributed by atoms with Gasteiger partial charge < -0.3 is 8.94 Å². The van der Waals surface area contributed by atoms with Crippen molar-refractivity contribution >= 4 is 23.6 Å². The lowest BCUT2D eigenvalue weighted by Gasteiger charge is -2.19. The van der Waals surface area contributed by atoms with Crippen LogP contribution in [0.4, 0.5) is 5.88 Å². The first-order valence-electron chi connectivity index (χ1n) is 11.2. The molecule has 9 heteroatoms. The average molecular weight is 480 g/mol. The third-order valence-corrected chi connectivity index (χ3v) is 6.30. The molecular weight excluding hydrogens is 450 g/mol. The molecule has 0 spiro atoms. The minimum absolute atomic E-state index is 0.0637. The molecule has 0 saturated carbocycles. The van der Waals surface area contributed by atoms with Gasteiger partial charge in [-0.05, 0) is 29.0 Å². The van der Waals surface area contributed by atoms with Gasteiger partial charge in [0, 0.05) is 11.6 Å². The number of rotatable bonds is 8. The highest BCUT2D eigenvalue weighted by atomic mass is 32.2. The fourth-order valence-electron chi connectivity index (χ4n) is 3.35. The van der Waals surface area contributed by atoms with Gasteiger partial charge in [0.15, 0.2) is 11.0 Å². The van der Waals surface area contributed by atoms with E-state index in [2.05, 4.69) is 65.7 Å². The molecular formula is C25H29N5O3S. The van der Waals surface area contributed by atoms with Crippen molar-refractivity contribution in [1.29, 1.82) is 0 Å². The van der Waals surface area contributed by atoms with E-state index < -0.39 is 0 Å². The molecule has 1 amide bonds. The minimum Gasteiger partial charge on any atom is -0.467 e. The van der Waals surface area contributed by atoms with Crippen LogP contribution in [0.25, 0.3) is 11.4 Å². The van der Waals surface area contributed by atoms with Gasteiger partial charge in [-0.1, -0.05) is 75.8 Å². The zero-order valence-corrected chi connectivity index (χ0v) is 20.8. The van der Waals surface area contributed by atoms with E-state index in [1.807, 2.05) is 30.5 Å². The van der Waals surface area contributed by atoms with E-state index in [4.69, 9.17) is 8.94 Å². The number of amides is 1. The summed E-state index contributed by atoms with van der Waals surface area (Å²) in [5, 5.41) is 16.1. The molecule has 0 saturated heterocycles. The molecule has 0 aliphatic rings. The first-order valence-corrected chi connectivity index (χ1v) is 12.1. The van der Waals surface area contributed by atoms with Gasteiger partial charge in [-0.15, -0.1) is 10.2 Å². The van der Waals surface area contributed by atoms with Crippen molar-refractivity contribution in [3.05, 3.63) is 65.7 Å². The Morgan fingerprint density at radius 3 is 2.53 bits per heavy atom. The zero-order valence-electron chi connectivity index (χ0n) is 20.0. The van der Waals surface area contributed by atoms with Crippen LogP contribution in [0.3, 0.4) is 0 Å². The Hall–Kier alpha value is -3.33. The van der Waals surface area contributed by atoms with Crippen LogP contribution in [0, 0.1) is 0 Å². The topological polar surface area (TPSA) is 99.0 Å². The molecule has 3 heterocycles. The summed E-state index contributed by atoms with van der Waals surface area (Å²) in [5.41, 5.74) is 3.05. The molecule has 0 atom stereocenters. The third kappa shape index (κ3) is 5.59. The molecule has 0 radical (unpaired) electrons. The Kier molecular flexibility index (Phi) is 6.92. The van der Waals surface area contributed by atoms with Gasteiger partial charge >= 0.3 is 0 Å². The van der Waals surface area contributed by atoms with E-state index in [-0.39, 0.29) is 23.0 Å². The van der Waals surface area contributed by atoms with Gasteiger partial charge in [0.05, 0.1) is 24.3 Å². The Balaban J connectivity index is 1.52. The first kappa shape index (κ1) is 23.8. The third-order valence-electron chi connectivity index (χ3n) is 5.33. The molecule has 8 nitrogen and oxygen atoms in total. The Bertz CT molecular complexity index is 1230. The molecule has 0 fully saturated rings. The van der Waals surface area contributed by atoms with E-state index in [0.717, 1.165) is 22.8 Å². The maximum atomic E-state index is 12.5. The first-order chi connectivity index (χ1) is 16.2. The van der Waals surface area contributed by atoms with Gasteiger partial charge in [-0.2, -0.15) is 0 Å². The summed E-state index contributed by atoms with van der Waals surface area (Å²) >= 11 is 1.31. The predicted octanol–water partition coefficient (Wildman–Crippen LogP) is 5.73. The van der Waals surface area contributed by atoms with Gasteiger partial charge in [-0.3, -0.25) is 14.7 Å². The van der Waals surface area contributed by atoms with Gasteiger partial charge in [0.2, 0.25) is 11.8 Å². The van der Waals surface area contributed by atoms with Crippen LogP contribution < -0.4 is 5.32 Å². The van der Waals surface area contributed by atoms with Crippen molar-refractivity contribution in [3.63, 3.8) is 0 Å². The maximum Gasteiger partial charge on any atom is 0.237 e. The molecule has 0 aliphatic heterocycles. The molecule has 4 rings (SSSR count). The fraction of sp³-hybridized carbons (Fsp3) is 0.360. The standard InChI is InChI=1S/C25H29N5O3S/c1-16(2)20-13-22(33-29-20)26-21(31)15-34-24-28-27-23(30(24)14-19-7-6-12-32-19)17-8-10-18(11-9-17)25(3,4)5/h6-13,16H,14-15H2,1-5H3,(H,26,31). The summed E-state index contributed by atoms with van der Waals surface area (Å²) in [6, 6.07) is 13.8. The number of aromatic nitrogens is 4.